The highest BCUT2D eigenvalue weighted by Crippen LogP contribution is 2.11. The van der Waals surface area contributed by atoms with Crippen LogP contribution in [0, 0.1) is 0 Å². The molecular weight excluding hydrogens is 194 g/mol. The Hall–Kier alpha value is -1.06. The molecule has 0 saturated heterocycles. The number of Topliss-reactive ketones (excluding diaryl/α,β-unsaturated/α-hetero) is 1. The van der Waals surface area contributed by atoms with Crippen molar-refractivity contribution in [1.29, 1.82) is 0 Å². The Labute approximate surface area is 91.6 Å². The van der Waals surface area contributed by atoms with Gasteiger partial charge >= 0.3 is 6.09 Å². The van der Waals surface area contributed by atoms with E-state index in [9.17, 15) is 9.59 Å². The Morgan fingerprint density at radius 1 is 1.33 bits per heavy atom. The van der Waals surface area contributed by atoms with Crippen LogP contribution in [0.2, 0.25) is 0 Å². The predicted octanol–water partition coefficient (Wildman–Crippen LogP) is 2.22. The van der Waals surface area contributed by atoms with E-state index in [1.54, 1.807) is 7.05 Å². The van der Waals surface area contributed by atoms with Gasteiger partial charge in [-0.3, -0.25) is 4.79 Å². The minimum Gasteiger partial charge on any atom is -0.444 e. The van der Waals surface area contributed by atoms with Gasteiger partial charge in [0.1, 0.15) is 11.4 Å². The van der Waals surface area contributed by atoms with Gasteiger partial charge in [0.15, 0.2) is 0 Å². The van der Waals surface area contributed by atoms with Crippen LogP contribution < -0.4 is 0 Å². The molecule has 0 fully saturated rings. The molecule has 4 heteroatoms. The summed E-state index contributed by atoms with van der Waals surface area (Å²) in [7, 11) is 1.64. The molecule has 0 aliphatic heterocycles. The van der Waals surface area contributed by atoms with Gasteiger partial charge in [-0.05, 0) is 34.6 Å². The number of carbonyl (C=O) groups is 2. The highest BCUT2D eigenvalue weighted by atomic mass is 16.6. The number of ketones is 1. The minimum atomic E-state index is -0.499. The molecule has 1 amide bonds. The fraction of sp³-hybridized carbons (Fsp3) is 0.818. The summed E-state index contributed by atoms with van der Waals surface area (Å²) in [5, 5.41) is 0. The van der Waals surface area contributed by atoms with E-state index in [-0.39, 0.29) is 11.8 Å². The Bertz CT molecular complexity index is 243. The van der Waals surface area contributed by atoms with Gasteiger partial charge in [0.25, 0.3) is 0 Å². The lowest BCUT2D eigenvalue weighted by Gasteiger charge is -2.28. The Kier molecular flexibility index (Phi) is 4.78. The molecule has 0 radical (unpaired) electrons. The van der Waals surface area contributed by atoms with E-state index in [0.29, 0.717) is 6.42 Å². The van der Waals surface area contributed by atoms with Crippen molar-refractivity contribution in [3.8, 4) is 0 Å². The van der Waals surface area contributed by atoms with Crippen molar-refractivity contribution in [2.75, 3.05) is 7.05 Å². The molecule has 1 atom stereocenters. The fourth-order valence-electron chi connectivity index (χ4n) is 1.07. The van der Waals surface area contributed by atoms with Crippen LogP contribution in [0.25, 0.3) is 0 Å². The number of hydrogen-bond acceptors (Lipinski definition) is 3. The first kappa shape index (κ1) is 13.9. The number of amides is 1. The quantitative estimate of drug-likeness (QED) is 0.725. The molecule has 0 rings (SSSR count). The van der Waals surface area contributed by atoms with E-state index in [4.69, 9.17) is 4.74 Å². The van der Waals surface area contributed by atoms with Crippen molar-refractivity contribution in [3.63, 3.8) is 0 Å². The topological polar surface area (TPSA) is 46.6 Å². The second-order valence-electron chi connectivity index (χ2n) is 4.85. The summed E-state index contributed by atoms with van der Waals surface area (Å²) in [6.45, 7) is 8.78. The van der Waals surface area contributed by atoms with Gasteiger partial charge in [-0.2, -0.15) is 0 Å². The molecule has 0 aromatic carbocycles. The van der Waals surface area contributed by atoms with Gasteiger partial charge in [-0.15, -0.1) is 0 Å². The normalized spacial score (nSPS) is 13.2. The van der Waals surface area contributed by atoms with Crippen molar-refractivity contribution >= 4 is 11.9 Å². The van der Waals surface area contributed by atoms with Crippen molar-refractivity contribution in [2.45, 2.75) is 52.7 Å². The molecule has 1 unspecified atom stereocenters. The summed E-state index contributed by atoms with van der Waals surface area (Å²) in [5.74, 6) is 0.0675. The van der Waals surface area contributed by atoms with E-state index in [2.05, 4.69) is 0 Å². The predicted molar refractivity (Wildman–Crippen MR) is 58.8 cm³/mol. The average Bonchev–Trinajstić information content (AvgIpc) is 1.98. The molecule has 4 nitrogen and oxygen atoms in total. The first-order valence-corrected chi connectivity index (χ1v) is 5.08. The van der Waals surface area contributed by atoms with Crippen molar-refractivity contribution in [3.05, 3.63) is 0 Å². The van der Waals surface area contributed by atoms with E-state index in [0.717, 1.165) is 0 Å². The van der Waals surface area contributed by atoms with Crippen LogP contribution in [0.1, 0.15) is 41.0 Å². The van der Waals surface area contributed by atoms with Gasteiger partial charge < -0.3 is 9.64 Å². The third-order valence-corrected chi connectivity index (χ3v) is 1.93. The average molecular weight is 215 g/mol. The first-order chi connectivity index (χ1) is 6.63. The van der Waals surface area contributed by atoms with Crippen LogP contribution in [0.15, 0.2) is 0 Å². The standard InChI is InChI=1S/C11H21NO3/c1-8(7-9(2)13)12(6)10(14)15-11(3,4)5/h8H,7H2,1-6H3. The number of nitrogens with zero attached hydrogens (tertiary/aromatic N) is 1. The Morgan fingerprint density at radius 3 is 2.13 bits per heavy atom. The van der Waals surface area contributed by atoms with Crippen molar-refractivity contribution in [2.24, 2.45) is 0 Å². The van der Waals surface area contributed by atoms with Crippen LogP contribution in [0.5, 0.6) is 0 Å². The molecular formula is C11H21NO3. The van der Waals surface area contributed by atoms with Gasteiger partial charge in [0.2, 0.25) is 0 Å². The third kappa shape index (κ3) is 6.10. The van der Waals surface area contributed by atoms with Crippen LogP contribution in [-0.2, 0) is 9.53 Å². The Morgan fingerprint density at radius 2 is 1.80 bits per heavy atom. The maximum Gasteiger partial charge on any atom is 0.410 e. The maximum atomic E-state index is 11.6. The summed E-state index contributed by atoms with van der Waals surface area (Å²) in [4.78, 5) is 23.9. The second-order valence-corrected chi connectivity index (χ2v) is 4.85. The monoisotopic (exact) mass is 215 g/mol. The van der Waals surface area contributed by atoms with Crippen LogP contribution in [0.3, 0.4) is 0 Å². The number of rotatable bonds is 3. The lowest BCUT2D eigenvalue weighted by atomic mass is 10.1. The number of ether oxygens (including phenoxy) is 1. The van der Waals surface area contributed by atoms with Gasteiger partial charge in [0, 0.05) is 19.5 Å². The zero-order valence-electron chi connectivity index (χ0n) is 10.5. The Balaban J connectivity index is 4.25. The van der Waals surface area contributed by atoms with E-state index < -0.39 is 11.7 Å². The minimum absolute atomic E-state index is 0.0675. The molecule has 15 heavy (non-hydrogen) atoms. The molecule has 0 aliphatic carbocycles. The van der Waals surface area contributed by atoms with E-state index in [1.165, 1.54) is 11.8 Å². The summed E-state index contributed by atoms with van der Waals surface area (Å²) < 4.78 is 5.18. The smallest absolute Gasteiger partial charge is 0.410 e. The third-order valence-electron chi connectivity index (χ3n) is 1.93. The molecule has 0 aromatic rings. The molecule has 88 valence electrons. The molecule has 0 heterocycles. The lowest BCUT2D eigenvalue weighted by Crippen LogP contribution is -2.40. The highest BCUT2D eigenvalue weighted by Gasteiger charge is 2.23. The summed E-state index contributed by atoms with van der Waals surface area (Å²) in [6.07, 6.45) is -0.0355. The van der Waals surface area contributed by atoms with Crippen molar-refractivity contribution < 1.29 is 14.3 Å². The molecule has 0 spiro atoms. The first-order valence-electron chi connectivity index (χ1n) is 5.08. The van der Waals surface area contributed by atoms with Crippen LogP contribution in [-0.4, -0.2) is 35.5 Å². The lowest BCUT2D eigenvalue weighted by molar-refractivity contribution is -0.117. The van der Waals surface area contributed by atoms with E-state index >= 15 is 0 Å². The van der Waals surface area contributed by atoms with Crippen LogP contribution in [0.4, 0.5) is 4.79 Å². The fourth-order valence-corrected chi connectivity index (χ4v) is 1.07. The van der Waals surface area contributed by atoms with Gasteiger partial charge in [-0.25, -0.2) is 4.79 Å². The maximum absolute atomic E-state index is 11.6. The second kappa shape index (κ2) is 5.14. The molecule has 0 N–H and O–H groups in total. The van der Waals surface area contributed by atoms with Gasteiger partial charge in [-0.1, -0.05) is 0 Å². The summed E-state index contributed by atoms with van der Waals surface area (Å²) in [5.41, 5.74) is -0.499. The number of carbonyl (C=O) groups excluding carboxylic acids is 2. The van der Waals surface area contributed by atoms with E-state index in [1.807, 2.05) is 27.7 Å². The largest absolute Gasteiger partial charge is 0.444 e. The zero-order valence-corrected chi connectivity index (χ0v) is 10.5. The molecule has 0 bridgehead atoms. The number of hydrogen-bond donors (Lipinski definition) is 0. The zero-order chi connectivity index (χ0) is 12.2. The van der Waals surface area contributed by atoms with Gasteiger partial charge in [0.05, 0.1) is 0 Å². The summed E-state index contributed by atoms with van der Waals surface area (Å²) >= 11 is 0. The molecule has 0 aromatic heterocycles. The molecule has 0 aliphatic rings. The van der Waals surface area contributed by atoms with Crippen LogP contribution >= 0.6 is 0 Å². The SMILES string of the molecule is CC(=O)CC(C)N(C)C(=O)OC(C)(C)C. The van der Waals surface area contributed by atoms with Crippen molar-refractivity contribution in [1.82, 2.24) is 4.90 Å². The molecule has 0 saturated carbocycles. The highest BCUT2D eigenvalue weighted by molar-refractivity contribution is 5.77. The summed E-state index contributed by atoms with van der Waals surface area (Å²) in [6, 6.07) is -0.127.